The van der Waals surface area contributed by atoms with Crippen LogP contribution in [0.2, 0.25) is 5.02 Å². The second kappa shape index (κ2) is 7.44. The third-order valence-corrected chi connectivity index (χ3v) is 3.08. The molecule has 2 rings (SSSR count). The normalized spacial score (nSPS) is 11.5. The summed E-state index contributed by atoms with van der Waals surface area (Å²) >= 11 is 6.03. The van der Waals surface area contributed by atoms with Crippen molar-refractivity contribution in [2.45, 2.75) is 13.0 Å². The van der Waals surface area contributed by atoms with Gasteiger partial charge >= 0.3 is 0 Å². The van der Waals surface area contributed by atoms with Gasteiger partial charge in [-0.3, -0.25) is 4.90 Å². The van der Waals surface area contributed by atoms with Crippen molar-refractivity contribution in [2.24, 2.45) is 0 Å². The molecule has 0 atom stereocenters. The Hall–Kier alpha value is -1.57. The number of aromatic nitrogens is 2. The van der Waals surface area contributed by atoms with E-state index in [-0.39, 0.29) is 25.6 Å². The SMILES string of the molecule is OCCN(Cc1nc(-c2ccccc2Cl)no1)CC(F)F. The molecule has 0 fully saturated rings. The first-order valence-electron chi connectivity index (χ1n) is 6.29. The van der Waals surface area contributed by atoms with Gasteiger partial charge in [0.1, 0.15) is 0 Å². The van der Waals surface area contributed by atoms with Crippen LogP contribution in [-0.4, -0.2) is 46.3 Å². The number of aliphatic hydroxyl groups excluding tert-OH is 1. The number of nitrogens with zero attached hydrogens (tertiary/aromatic N) is 3. The van der Waals surface area contributed by atoms with E-state index in [0.29, 0.717) is 16.4 Å². The predicted octanol–water partition coefficient (Wildman–Crippen LogP) is 2.45. The summed E-state index contributed by atoms with van der Waals surface area (Å²) in [5.41, 5.74) is 0.608. The van der Waals surface area contributed by atoms with E-state index in [0.717, 1.165) is 0 Å². The molecular formula is C13H14ClF2N3O2. The molecule has 0 aliphatic rings. The lowest BCUT2D eigenvalue weighted by atomic mass is 10.2. The number of benzene rings is 1. The van der Waals surface area contributed by atoms with E-state index < -0.39 is 13.0 Å². The van der Waals surface area contributed by atoms with Crippen LogP contribution in [0.3, 0.4) is 0 Å². The molecular weight excluding hydrogens is 304 g/mol. The molecule has 0 saturated carbocycles. The third kappa shape index (κ3) is 4.45. The van der Waals surface area contributed by atoms with Crippen molar-refractivity contribution in [2.75, 3.05) is 19.7 Å². The summed E-state index contributed by atoms with van der Waals surface area (Å²) in [6.45, 7) is -0.543. The first kappa shape index (κ1) is 15.8. The molecule has 0 bridgehead atoms. The van der Waals surface area contributed by atoms with E-state index in [2.05, 4.69) is 10.1 Å². The van der Waals surface area contributed by atoms with Crippen LogP contribution >= 0.6 is 11.6 Å². The number of hydrogen-bond donors (Lipinski definition) is 1. The highest BCUT2D eigenvalue weighted by Crippen LogP contribution is 2.25. The molecule has 1 aromatic heterocycles. The highest BCUT2D eigenvalue weighted by atomic mass is 35.5. The fraction of sp³-hybridized carbons (Fsp3) is 0.385. The Balaban J connectivity index is 2.10. The average molecular weight is 318 g/mol. The first-order chi connectivity index (χ1) is 10.1. The topological polar surface area (TPSA) is 62.4 Å². The maximum Gasteiger partial charge on any atom is 0.251 e. The van der Waals surface area contributed by atoms with Gasteiger partial charge in [0.15, 0.2) is 0 Å². The number of hydrogen-bond acceptors (Lipinski definition) is 5. The highest BCUT2D eigenvalue weighted by molar-refractivity contribution is 6.33. The van der Waals surface area contributed by atoms with E-state index in [1.54, 1.807) is 24.3 Å². The summed E-state index contributed by atoms with van der Waals surface area (Å²) in [5.74, 6) is 0.496. The van der Waals surface area contributed by atoms with Gasteiger partial charge in [0.05, 0.1) is 24.7 Å². The molecule has 0 unspecified atom stereocenters. The summed E-state index contributed by atoms with van der Waals surface area (Å²) in [7, 11) is 0. The maximum atomic E-state index is 12.4. The summed E-state index contributed by atoms with van der Waals surface area (Å²) in [6, 6.07) is 6.99. The Morgan fingerprint density at radius 1 is 1.33 bits per heavy atom. The molecule has 1 aromatic carbocycles. The molecule has 1 heterocycles. The molecule has 0 aliphatic carbocycles. The Morgan fingerprint density at radius 3 is 2.76 bits per heavy atom. The van der Waals surface area contributed by atoms with Gasteiger partial charge in [0.25, 0.3) is 6.43 Å². The van der Waals surface area contributed by atoms with Gasteiger partial charge in [-0.15, -0.1) is 0 Å². The Kier molecular flexibility index (Phi) is 5.60. The van der Waals surface area contributed by atoms with Crippen molar-refractivity contribution in [3.05, 3.63) is 35.2 Å². The summed E-state index contributed by atoms with van der Waals surface area (Å²) in [6.07, 6.45) is -2.50. The summed E-state index contributed by atoms with van der Waals surface area (Å²) in [5, 5.41) is 13.1. The molecule has 21 heavy (non-hydrogen) atoms. The number of aliphatic hydroxyl groups is 1. The van der Waals surface area contributed by atoms with Gasteiger partial charge in [-0.2, -0.15) is 4.98 Å². The van der Waals surface area contributed by atoms with Crippen LogP contribution in [0.4, 0.5) is 8.78 Å². The quantitative estimate of drug-likeness (QED) is 0.850. The fourth-order valence-electron chi connectivity index (χ4n) is 1.83. The van der Waals surface area contributed by atoms with Gasteiger partial charge in [-0.25, -0.2) is 8.78 Å². The van der Waals surface area contributed by atoms with E-state index in [4.69, 9.17) is 21.2 Å². The molecule has 1 N–H and O–H groups in total. The van der Waals surface area contributed by atoms with Crippen LogP contribution in [0.1, 0.15) is 5.89 Å². The van der Waals surface area contributed by atoms with Crippen molar-refractivity contribution in [3.63, 3.8) is 0 Å². The number of halogens is 3. The predicted molar refractivity (Wildman–Crippen MR) is 73.1 cm³/mol. The molecule has 114 valence electrons. The van der Waals surface area contributed by atoms with E-state index in [1.807, 2.05) is 0 Å². The molecule has 0 aliphatic heterocycles. The van der Waals surface area contributed by atoms with Crippen LogP contribution in [-0.2, 0) is 6.54 Å². The Morgan fingerprint density at radius 2 is 2.10 bits per heavy atom. The molecule has 0 amide bonds. The van der Waals surface area contributed by atoms with E-state index in [9.17, 15) is 8.78 Å². The zero-order valence-corrected chi connectivity index (χ0v) is 11.8. The Bertz CT molecular complexity index is 580. The lowest BCUT2D eigenvalue weighted by Crippen LogP contribution is -2.31. The first-order valence-corrected chi connectivity index (χ1v) is 6.66. The number of rotatable bonds is 7. The van der Waals surface area contributed by atoms with Crippen LogP contribution < -0.4 is 0 Å². The minimum absolute atomic E-state index is 0.0440. The minimum atomic E-state index is -2.50. The van der Waals surface area contributed by atoms with Gasteiger partial charge in [0, 0.05) is 12.1 Å². The van der Waals surface area contributed by atoms with Crippen molar-refractivity contribution >= 4 is 11.6 Å². The lowest BCUT2D eigenvalue weighted by Gasteiger charge is -2.18. The average Bonchev–Trinajstić information content (AvgIpc) is 2.87. The zero-order chi connectivity index (χ0) is 15.2. The number of alkyl halides is 2. The molecule has 0 radical (unpaired) electrons. The lowest BCUT2D eigenvalue weighted by molar-refractivity contribution is 0.0692. The van der Waals surface area contributed by atoms with Crippen molar-refractivity contribution in [3.8, 4) is 11.4 Å². The third-order valence-electron chi connectivity index (χ3n) is 2.75. The van der Waals surface area contributed by atoms with Crippen molar-refractivity contribution in [1.29, 1.82) is 0 Å². The van der Waals surface area contributed by atoms with Crippen LogP contribution in [0.25, 0.3) is 11.4 Å². The second-order valence-electron chi connectivity index (χ2n) is 4.34. The fourth-order valence-corrected chi connectivity index (χ4v) is 2.05. The zero-order valence-electron chi connectivity index (χ0n) is 11.0. The van der Waals surface area contributed by atoms with Crippen molar-refractivity contribution < 1.29 is 18.4 Å². The van der Waals surface area contributed by atoms with Gasteiger partial charge in [-0.05, 0) is 12.1 Å². The maximum absolute atomic E-state index is 12.4. The molecule has 0 saturated heterocycles. The highest BCUT2D eigenvalue weighted by Gasteiger charge is 2.17. The molecule has 5 nitrogen and oxygen atoms in total. The Labute approximate surface area is 125 Å². The minimum Gasteiger partial charge on any atom is -0.395 e. The van der Waals surface area contributed by atoms with Crippen molar-refractivity contribution in [1.82, 2.24) is 15.0 Å². The summed E-state index contributed by atoms with van der Waals surface area (Å²) in [4.78, 5) is 5.48. The van der Waals surface area contributed by atoms with Gasteiger partial charge in [0.2, 0.25) is 11.7 Å². The van der Waals surface area contributed by atoms with Gasteiger partial charge < -0.3 is 9.63 Å². The molecule has 8 heteroatoms. The monoisotopic (exact) mass is 317 g/mol. The van der Waals surface area contributed by atoms with Crippen LogP contribution in [0, 0.1) is 0 Å². The van der Waals surface area contributed by atoms with E-state index >= 15 is 0 Å². The second-order valence-corrected chi connectivity index (χ2v) is 4.75. The molecule has 0 spiro atoms. The summed E-state index contributed by atoms with van der Waals surface area (Å²) < 4.78 is 29.9. The largest absolute Gasteiger partial charge is 0.395 e. The smallest absolute Gasteiger partial charge is 0.251 e. The van der Waals surface area contributed by atoms with Gasteiger partial charge in [-0.1, -0.05) is 28.9 Å². The molecule has 2 aromatic rings. The standard InChI is InChI=1S/C13H14ClF2N3O2/c14-10-4-2-1-3-9(10)13-17-12(21-18-13)8-19(5-6-20)7-11(15)16/h1-4,11,20H,5-8H2. The van der Waals surface area contributed by atoms with Crippen LogP contribution in [0.5, 0.6) is 0 Å². The van der Waals surface area contributed by atoms with E-state index in [1.165, 1.54) is 4.90 Å². The van der Waals surface area contributed by atoms with Crippen LogP contribution in [0.15, 0.2) is 28.8 Å².